The minimum absolute atomic E-state index is 0.0135. The zero-order valence-electron chi connectivity index (χ0n) is 16.8. The van der Waals surface area contributed by atoms with Crippen LogP contribution in [0.4, 0.5) is 0 Å². The monoisotopic (exact) mass is 419 g/mol. The van der Waals surface area contributed by atoms with Gasteiger partial charge in [0.25, 0.3) is 0 Å². The van der Waals surface area contributed by atoms with Gasteiger partial charge < -0.3 is 0 Å². The van der Waals surface area contributed by atoms with Crippen LogP contribution in [0.1, 0.15) is 51.5 Å². The average Bonchev–Trinajstić information content (AvgIpc) is 2.68. The maximum atomic E-state index is 13.7. The quantitative estimate of drug-likeness (QED) is 0.670. The fourth-order valence-electron chi connectivity index (χ4n) is 3.95. The molecule has 0 aromatic heterocycles. The van der Waals surface area contributed by atoms with Gasteiger partial charge in [-0.1, -0.05) is 49.1 Å². The first-order valence-corrected chi connectivity index (χ1v) is 12.5. The van der Waals surface area contributed by atoms with Crippen molar-refractivity contribution in [2.45, 2.75) is 79.6 Å². The van der Waals surface area contributed by atoms with Crippen molar-refractivity contribution in [1.29, 1.82) is 0 Å². The second kappa shape index (κ2) is 8.89. The van der Waals surface area contributed by atoms with E-state index in [0.717, 1.165) is 37.7 Å². The molecule has 0 spiro atoms. The maximum absolute atomic E-state index is 13.7. The number of aryl methyl sites for hydroxylation is 1. The molecule has 0 heterocycles. The lowest BCUT2D eigenvalue weighted by Gasteiger charge is -2.36. The van der Waals surface area contributed by atoms with Crippen molar-refractivity contribution in [3.05, 3.63) is 54.1 Å². The van der Waals surface area contributed by atoms with E-state index in [-0.39, 0.29) is 17.0 Å². The lowest BCUT2D eigenvalue weighted by molar-refractivity contribution is 0.219. The third kappa shape index (κ3) is 4.39. The molecule has 2 aromatic rings. The van der Waals surface area contributed by atoms with Crippen LogP contribution in [0.3, 0.4) is 0 Å². The first-order chi connectivity index (χ1) is 13.3. The van der Waals surface area contributed by atoms with E-state index in [9.17, 15) is 12.6 Å². The Morgan fingerprint density at radius 2 is 1.57 bits per heavy atom. The van der Waals surface area contributed by atoms with Gasteiger partial charge in [0.05, 0.1) is 20.6 Å². The molecule has 28 heavy (non-hydrogen) atoms. The van der Waals surface area contributed by atoms with E-state index in [4.69, 9.17) is 0 Å². The number of nitrogens with zero attached hydrogens (tertiary/aromatic N) is 1. The van der Waals surface area contributed by atoms with Crippen LogP contribution >= 0.6 is 0 Å². The summed E-state index contributed by atoms with van der Waals surface area (Å²) in [6, 6.07) is 14.0. The van der Waals surface area contributed by atoms with Crippen molar-refractivity contribution >= 4 is 20.8 Å². The number of benzene rings is 2. The predicted molar refractivity (Wildman–Crippen MR) is 113 cm³/mol. The molecule has 0 N–H and O–H groups in total. The average molecular weight is 420 g/mol. The van der Waals surface area contributed by atoms with Crippen molar-refractivity contribution in [3.8, 4) is 0 Å². The molecule has 1 fully saturated rings. The normalized spacial score (nSPS) is 17.2. The summed E-state index contributed by atoms with van der Waals surface area (Å²) in [4.78, 5) is 1.13. The molecule has 0 saturated heterocycles. The summed E-state index contributed by atoms with van der Waals surface area (Å²) in [6.07, 6.45) is 5.05. The third-order valence-electron chi connectivity index (χ3n) is 5.28. The lowest BCUT2D eigenvalue weighted by atomic mass is 9.95. The Bertz CT molecular complexity index is 931. The number of rotatable bonds is 6. The van der Waals surface area contributed by atoms with E-state index in [1.807, 2.05) is 32.9 Å². The minimum Gasteiger partial charge on any atom is -0.249 e. The summed E-state index contributed by atoms with van der Waals surface area (Å²) in [6.45, 7) is 5.81. The smallest absolute Gasteiger partial charge is 0.244 e. The topological polar surface area (TPSA) is 54.5 Å². The van der Waals surface area contributed by atoms with E-state index in [0.29, 0.717) is 9.79 Å². The molecule has 1 aliphatic rings. The molecule has 0 aliphatic heterocycles. The van der Waals surface area contributed by atoms with E-state index in [1.165, 1.54) is 0 Å². The first-order valence-electron chi connectivity index (χ1n) is 9.93. The molecule has 6 heteroatoms. The van der Waals surface area contributed by atoms with Crippen molar-refractivity contribution < 1.29 is 12.6 Å². The van der Waals surface area contributed by atoms with Gasteiger partial charge in [0, 0.05) is 17.0 Å². The van der Waals surface area contributed by atoms with E-state index >= 15 is 0 Å². The molecule has 2 aromatic carbocycles. The number of sulfonamides is 1. The maximum Gasteiger partial charge on any atom is 0.244 e. The van der Waals surface area contributed by atoms with E-state index < -0.39 is 20.8 Å². The molecule has 0 bridgehead atoms. The Balaban J connectivity index is 2.04. The SMILES string of the molecule is Cc1ccc(S(=O)c2ccccc2S(=O)(=O)N(C(C)C)C2CCCCC2)cc1. The Morgan fingerprint density at radius 3 is 2.18 bits per heavy atom. The van der Waals surface area contributed by atoms with Gasteiger partial charge in [0.1, 0.15) is 0 Å². The van der Waals surface area contributed by atoms with Crippen molar-refractivity contribution in [2.75, 3.05) is 0 Å². The highest BCUT2D eigenvalue weighted by molar-refractivity contribution is 7.90. The van der Waals surface area contributed by atoms with E-state index in [2.05, 4.69) is 0 Å². The molecule has 1 saturated carbocycles. The fraction of sp³-hybridized carbons (Fsp3) is 0.455. The zero-order chi connectivity index (χ0) is 20.3. The van der Waals surface area contributed by atoms with Gasteiger partial charge in [-0.3, -0.25) is 0 Å². The van der Waals surface area contributed by atoms with Gasteiger partial charge >= 0.3 is 0 Å². The summed E-state index contributed by atoms with van der Waals surface area (Å²) in [5, 5.41) is 0. The molecule has 3 rings (SSSR count). The number of hydrogen-bond donors (Lipinski definition) is 0. The van der Waals surface area contributed by atoms with Crippen molar-refractivity contribution in [2.24, 2.45) is 0 Å². The standard InChI is InChI=1S/C22H29NO3S2/c1-17(2)23(19-9-5-4-6-10-19)28(25,26)22-12-8-7-11-21(22)27(24)20-15-13-18(3)14-16-20/h7-8,11-17,19H,4-6,9-10H2,1-3H3. The minimum atomic E-state index is -3.75. The van der Waals surface area contributed by atoms with Gasteiger partial charge in [0.2, 0.25) is 10.0 Å². The van der Waals surface area contributed by atoms with Crippen LogP contribution in [0, 0.1) is 6.92 Å². The molecule has 0 amide bonds. The summed E-state index contributed by atoms with van der Waals surface area (Å²) in [5.74, 6) is 0. The Kier molecular flexibility index (Phi) is 6.73. The first kappa shape index (κ1) is 21.2. The molecular formula is C22H29NO3S2. The van der Waals surface area contributed by atoms with Gasteiger partial charge in [-0.25, -0.2) is 12.6 Å². The fourth-order valence-corrected chi connectivity index (χ4v) is 7.54. The summed E-state index contributed by atoms with van der Waals surface area (Å²) in [5.41, 5.74) is 1.07. The molecular weight excluding hydrogens is 390 g/mol. The third-order valence-corrected chi connectivity index (χ3v) is 9.05. The Labute approximate surface area is 171 Å². The second-order valence-electron chi connectivity index (χ2n) is 7.75. The van der Waals surface area contributed by atoms with Crippen molar-refractivity contribution in [1.82, 2.24) is 4.31 Å². The zero-order valence-corrected chi connectivity index (χ0v) is 18.4. The molecule has 1 unspecified atom stereocenters. The van der Waals surface area contributed by atoms with Crippen LogP contribution in [-0.4, -0.2) is 29.0 Å². The van der Waals surface area contributed by atoms with Crippen molar-refractivity contribution in [3.63, 3.8) is 0 Å². The molecule has 4 nitrogen and oxygen atoms in total. The predicted octanol–water partition coefficient (Wildman–Crippen LogP) is 4.89. The summed E-state index contributed by atoms with van der Waals surface area (Å²) >= 11 is 0. The Morgan fingerprint density at radius 1 is 0.964 bits per heavy atom. The van der Waals surface area contributed by atoms with Gasteiger partial charge in [-0.2, -0.15) is 4.31 Å². The summed E-state index contributed by atoms with van der Waals surface area (Å²) < 4.78 is 42.2. The van der Waals surface area contributed by atoms with E-state index in [1.54, 1.807) is 40.7 Å². The van der Waals surface area contributed by atoms with Crippen LogP contribution in [0.5, 0.6) is 0 Å². The second-order valence-corrected chi connectivity index (χ2v) is 11.0. The summed E-state index contributed by atoms with van der Waals surface area (Å²) in [7, 11) is -5.31. The highest BCUT2D eigenvalue weighted by atomic mass is 32.2. The van der Waals surface area contributed by atoms with Gasteiger partial charge in [-0.15, -0.1) is 0 Å². The molecule has 152 valence electrons. The number of hydrogen-bond acceptors (Lipinski definition) is 3. The van der Waals surface area contributed by atoms with Crippen LogP contribution < -0.4 is 0 Å². The van der Waals surface area contributed by atoms with Gasteiger partial charge in [-0.05, 0) is 57.9 Å². The largest absolute Gasteiger partial charge is 0.249 e. The highest BCUT2D eigenvalue weighted by Crippen LogP contribution is 2.33. The van der Waals surface area contributed by atoms with Crippen LogP contribution in [0.15, 0.2) is 63.2 Å². The molecule has 1 atom stereocenters. The highest BCUT2D eigenvalue weighted by Gasteiger charge is 2.36. The Hall–Kier alpha value is -1.50. The molecule has 1 aliphatic carbocycles. The van der Waals surface area contributed by atoms with Crippen LogP contribution in [0.2, 0.25) is 0 Å². The van der Waals surface area contributed by atoms with Crippen LogP contribution in [-0.2, 0) is 20.8 Å². The molecule has 0 radical (unpaired) electrons. The van der Waals surface area contributed by atoms with Crippen LogP contribution in [0.25, 0.3) is 0 Å². The lowest BCUT2D eigenvalue weighted by Crippen LogP contribution is -2.45. The van der Waals surface area contributed by atoms with Gasteiger partial charge in [0.15, 0.2) is 0 Å².